The van der Waals surface area contributed by atoms with E-state index in [1.807, 2.05) is 0 Å². The lowest BCUT2D eigenvalue weighted by atomic mass is 10.1. The van der Waals surface area contributed by atoms with Crippen LogP contribution in [-0.4, -0.2) is 26.9 Å². The summed E-state index contributed by atoms with van der Waals surface area (Å²) in [6.07, 6.45) is -4.96. The zero-order valence-electron chi connectivity index (χ0n) is 14.2. The Bertz CT molecular complexity index is 973. The summed E-state index contributed by atoms with van der Waals surface area (Å²) in [6.45, 7) is -0.658. The average molecular weight is 416 g/mol. The quantitative estimate of drug-likeness (QED) is 0.700. The molecule has 0 radical (unpaired) electrons. The first-order valence-electron chi connectivity index (χ1n) is 7.69. The molecular formula is C17H15F3N2O5S. The van der Waals surface area contributed by atoms with E-state index < -0.39 is 46.7 Å². The second kappa shape index (κ2) is 8.40. The Kier molecular flexibility index (Phi) is 6.41. The summed E-state index contributed by atoms with van der Waals surface area (Å²) in [5, 5.41) is 7.32. The molecule has 0 unspecified atom stereocenters. The number of sulfonamides is 1. The average Bonchev–Trinajstić information content (AvgIpc) is 2.59. The van der Waals surface area contributed by atoms with Crippen LogP contribution in [0.1, 0.15) is 11.1 Å². The fraction of sp³-hybridized carbons (Fsp3) is 0.176. The molecule has 3 N–H and O–H groups in total. The van der Waals surface area contributed by atoms with Gasteiger partial charge in [0, 0.05) is 5.69 Å². The van der Waals surface area contributed by atoms with Gasteiger partial charge in [0.25, 0.3) is 5.91 Å². The number of alkyl halides is 3. The molecular weight excluding hydrogens is 401 g/mol. The van der Waals surface area contributed by atoms with Crippen molar-refractivity contribution in [2.75, 3.05) is 11.9 Å². The normalized spacial score (nSPS) is 11.7. The lowest BCUT2D eigenvalue weighted by molar-refractivity contribution is -0.146. The number of carbonyl (C=O) groups is 2. The number of hydrogen-bond donors (Lipinski definition) is 2. The molecule has 0 spiro atoms. The van der Waals surface area contributed by atoms with E-state index >= 15 is 0 Å². The number of primary sulfonamides is 1. The van der Waals surface area contributed by atoms with Crippen molar-refractivity contribution in [1.82, 2.24) is 0 Å². The molecule has 0 saturated heterocycles. The van der Waals surface area contributed by atoms with Crippen LogP contribution in [0, 0.1) is 0 Å². The number of amides is 1. The number of ether oxygens (including phenoxy) is 1. The first-order chi connectivity index (χ1) is 12.9. The van der Waals surface area contributed by atoms with Crippen LogP contribution in [0.25, 0.3) is 0 Å². The van der Waals surface area contributed by atoms with Crippen molar-refractivity contribution in [3.63, 3.8) is 0 Å². The number of esters is 1. The lowest BCUT2D eigenvalue weighted by Crippen LogP contribution is -2.21. The minimum atomic E-state index is -4.53. The van der Waals surface area contributed by atoms with Gasteiger partial charge in [-0.2, -0.15) is 13.2 Å². The van der Waals surface area contributed by atoms with Crippen molar-refractivity contribution in [2.24, 2.45) is 5.14 Å². The smallest absolute Gasteiger partial charge is 0.416 e. The van der Waals surface area contributed by atoms with Crippen LogP contribution in [0.15, 0.2) is 53.4 Å². The largest absolute Gasteiger partial charge is 0.455 e. The van der Waals surface area contributed by atoms with Crippen molar-refractivity contribution in [1.29, 1.82) is 0 Å². The lowest BCUT2D eigenvalue weighted by Gasteiger charge is -2.09. The van der Waals surface area contributed by atoms with E-state index in [2.05, 4.69) is 5.32 Å². The molecule has 0 fully saturated rings. The number of carbonyl (C=O) groups excluding carboxylic acids is 2. The van der Waals surface area contributed by atoms with E-state index in [0.29, 0.717) is 0 Å². The zero-order valence-corrected chi connectivity index (χ0v) is 15.0. The van der Waals surface area contributed by atoms with Crippen molar-refractivity contribution < 1.29 is 35.9 Å². The number of anilines is 1. The van der Waals surface area contributed by atoms with Crippen molar-refractivity contribution in [2.45, 2.75) is 17.5 Å². The molecule has 0 heterocycles. The highest BCUT2D eigenvalue weighted by Gasteiger charge is 2.30. The molecule has 150 valence electrons. The summed E-state index contributed by atoms with van der Waals surface area (Å²) in [5.74, 6) is -1.58. The first-order valence-corrected chi connectivity index (χ1v) is 9.24. The van der Waals surface area contributed by atoms with Crippen LogP contribution in [0.4, 0.5) is 18.9 Å². The van der Waals surface area contributed by atoms with Crippen molar-refractivity contribution in [3.05, 3.63) is 59.7 Å². The topological polar surface area (TPSA) is 116 Å². The SMILES string of the molecule is NS(=O)(=O)c1ccc(NC(=O)COC(=O)Cc2cccc(C(F)(F)F)c2)cc1. The Morgan fingerprint density at radius 1 is 1.07 bits per heavy atom. The monoisotopic (exact) mass is 416 g/mol. The number of rotatable bonds is 6. The van der Waals surface area contributed by atoms with Crippen molar-refractivity contribution >= 4 is 27.6 Å². The van der Waals surface area contributed by atoms with Crippen LogP contribution in [0.2, 0.25) is 0 Å². The van der Waals surface area contributed by atoms with E-state index in [9.17, 15) is 31.2 Å². The van der Waals surface area contributed by atoms with Gasteiger partial charge < -0.3 is 10.1 Å². The van der Waals surface area contributed by atoms with E-state index in [4.69, 9.17) is 9.88 Å². The number of hydrogen-bond acceptors (Lipinski definition) is 5. The maximum atomic E-state index is 12.6. The Morgan fingerprint density at radius 2 is 1.71 bits per heavy atom. The molecule has 0 aromatic heterocycles. The van der Waals surface area contributed by atoms with Gasteiger partial charge in [-0.15, -0.1) is 0 Å². The molecule has 2 aromatic rings. The minimum absolute atomic E-state index is 0.0961. The zero-order chi connectivity index (χ0) is 20.9. The van der Waals surface area contributed by atoms with Gasteiger partial charge in [0.1, 0.15) is 0 Å². The van der Waals surface area contributed by atoms with Gasteiger partial charge in [-0.05, 0) is 35.9 Å². The third-order valence-electron chi connectivity index (χ3n) is 3.43. The third kappa shape index (κ3) is 6.35. The van der Waals surface area contributed by atoms with E-state index in [1.54, 1.807) is 0 Å². The Morgan fingerprint density at radius 3 is 2.29 bits per heavy atom. The number of nitrogens with one attached hydrogen (secondary N) is 1. The van der Waals surface area contributed by atoms with Crippen LogP contribution in [-0.2, 0) is 36.9 Å². The summed E-state index contributed by atoms with van der Waals surface area (Å²) >= 11 is 0. The number of halogens is 3. The predicted octanol–water partition coefficient (Wildman–Crippen LogP) is 2.08. The van der Waals surface area contributed by atoms with Gasteiger partial charge in [0.2, 0.25) is 10.0 Å². The molecule has 2 rings (SSSR count). The fourth-order valence-electron chi connectivity index (χ4n) is 2.15. The molecule has 0 aliphatic heterocycles. The molecule has 0 aliphatic rings. The highest BCUT2D eigenvalue weighted by Crippen LogP contribution is 2.29. The van der Waals surface area contributed by atoms with Crippen molar-refractivity contribution in [3.8, 4) is 0 Å². The third-order valence-corrected chi connectivity index (χ3v) is 4.36. The second-order valence-electron chi connectivity index (χ2n) is 5.65. The van der Waals surface area contributed by atoms with Gasteiger partial charge in [0.15, 0.2) is 6.61 Å². The first kappa shape index (κ1) is 21.4. The fourth-order valence-corrected chi connectivity index (χ4v) is 2.66. The van der Waals surface area contributed by atoms with Gasteiger partial charge >= 0.3 is 12.1 Å². The summed E-state index contributed by atoms with van der Waals surface area (Å²) in [7, 11) is -3.86. The molecule has 0 aliphatic carbocycles. The van der Waals surface area contributed by atoms with Gasteiger partial charge in [0.05, 0.1) is 16.9 Å². The summed E-state index contributed by atoms with van der Waals surface area (Å²) in [6, 6.07) is 9.17. The summed E-state index contributed by atoms with van der Waals surface area (Å²) in [5.41, 5.74) is -0.552. The Labute approximate surface area is 158 Å². The molecule has 2 aromatic carbocycles. The molecule has 1 amide bonds. The summed E-state index contributed by atoms with van der Waals surface area (Å²) < 4.78 is 65.0. The molecule has 0 bridgehead atoms. The van der Waals surface area contributed by atoms with Gasteiger partial charge in [-0.3, -0.25) is 9.59 Å². The molecule has 11 heteroatoms. The second-order valence-corrected chi connectivity index (χ2v) is 7.21. The van der Waals surface area contributed by atoms with Crippen LogP contribution >= 0.6 is 0 Å². The molecule has 0 saturated carbocycles. The highest BCUT2D eigenvalue weighted by atomic mass is 32.2. The minimum Gasteiger partial charge on any atom is -0.455 e. The number of benzene rings is 2. The summed E-state index contributed by atoms with van der Waals surface area (Å²) in [4.78, 5) is 23.3. The number of nitrogens with two attached hydrogens (primary N) is 1. The predicted molar refractivity (Wildman–Crippen MR) is 92.6 cm³/mol. The van der Waals surface area contributed by atoms with E-state index in [1.165, 1.54) is 36.4 Å². The standard InChI is InChI=1S/C17H15F3N2O5S/c18-17(19,20)12-3-1-2-11(8-12)9-16(24)27-10-15(23)22-13-4-6-14(7-5-13)28(21,25)26/h1-8H,9-10H2,(H,22,23)(H2,21,25,26). The van der Waals surface area contributed by atoms with Gasteiger partial charge in [-0.25, -0.2) is 13.6 Å². The molecule has 7 nitrogen and oxygen atoms in total. The van der Waals surface area contributed by atoms with E-state index in [0.717, 1.165) is 12.1 Å². The highest BCUT2D eigenvalue weighted by molar-refractivity contribution is 7.89. The van der Waals surface area contributed by atoms with Crippen LogP contribution in [0.3, 0.4) is 0 Å². The molecule has 28 heavy (non-hydrogen) atoms. The maximum absolute atomic E-state index is 12.6. The Hall–Kier alpha value is -2.92. The van der Waals surface area contributed by atoms with Gasteiger partial charge in [-0.1, -0.05) is 18.2 Å². The Balaban J connectivity index is 1.86. The van der Waals surface area contributed by atoms with Crippen LogP contribution < -0.4 is 10.5 Å². The maximum Gasteiger partial charge on any atom is 0.416 e. The van der Waals surface area contributed by atoms with Crippen LogP contribution in [0.5, 0.6) is 0 Å². The van der Waals surface area contributed by atoms with E-state index in [-0.39, 0.29) is 16.1 Å². The molecule has 0 atom stereocenters.